The van der Waals surface area contributed by atoms with E-state index in [2.05, 4.69) is 11.8 Å². The van der Waals surface area contributed by atoms with E-state index in [1.165, 1.54) is 7.11 Å². The van der Waals surface area contributed by atoms with E-state index < -0.39 is 0 Å². The molecule has 2 amide bonds. The molecule has 6 nitrogen and oxygen atoms in total. The van der Waals surface area contributed by atoms with E-state index in [9.17, 15) is 9.59 Å². The van der Waals surface area contributed by atoms with Crippen LogP contribution < -0.4 is 0 Å². The summed E-state index contributed by atoms with van der Waals surface area (Å²) in [6, 6.07) is 0. The van der Waals surface area contributed by atoms with Gasteiger partial charge in [0, 0.05) is 52.2 Å². The Balaban J connectivity index is 1.67. The summed E-state index contributed by atoms with van der Waals surface area (Å²) in [7, 11) is 1.43. The maximum atomic E-state index is 11.9. The average molecular weight is 311 g/mol. The summed E-state index contributed by atoms with van der Waals surface area (Å²) >= 11 is 0. The molecule has 0 radical (unpaired) electrons. The largest absolute Gasteiger partial charge is 0.453 e. The van der Waals surface area contributed by atoms with Crippen LogP contribution in [0, 0.1) is 5.92 Å². The highest BCUT2D eigenvalue weighted by Crippen LogP contribution is 2.20. The Morgan fingerprint density at radius 3 is 2.18 bits per heavy atom. The van der Waals surface area contributed by atoms with E-state index in [1.807, 2.05) is 4.90 Å². The predicted octanol–water partition coefficient (Wildman–Crippen LogP) is 1.41. The first-order valence-electron chi connectivity index (χ1n) is 8.47. The van der Waals surface area contributed by atoms with Crippen molar-refractivity contribution < 1.29 is 14.3 Å². The number of carbonyl (C=O) groups excluding carboxylic acids is 2. The Morgan fingerprint density at radius 1 is 1.00 bits per heavy atom. The molecule has 2 saturated heterocycles. The summed E-state index contributed by atoms with van der Waals surface area (Å²) in [6.45, 7) is 8.30. The second-order valence-electron chi connectivity index (χ2n) is 6.33. The Kier molecular flexibility index (Phi) is 6.49. The fourth-order valence-corrected chi connectivity index (χ4v) is 3.34. The van der Waals surface area contributed by atoms with Crippen molar-refractivity contribution in [1.82, 2.24) is 14.7 Å². The number of ether oxygens (including phenoxy) is 1. The summed E-state index contributed by atoms with van der Waals surface area (Å²) in [5, 5.41) is 0. The third-order valence-electron chi connectivity index (χ3n) is 4.75. The molecule has 2 rings (SSSR count). The van der Waals surface area contributed by atoms with E-state index in [1.54, 1.807) is 4.90 Å². The first-order chi connectivity index (χ1) is 10.6. The van der Waals surface area contributed by atoms with Crippen molar-refractivity contribution in [3.05, 3.63) is 0 Å². The van der Waals surface area contributed by atoms with Crippen LogP contribution in [0.25, 0.3) is 0 Å². The second-order valence-corrected chi connectivity index (χ2v) is 6.33. The minimum atomic E-state index is -0.220. The molecular formula is C16H29N3O3. The van der Waals surface area contributed by atoms with Crippen molar-refractivity contribution in [3.8, 4) is 0 Å². The molecule has 2 fully saturated rings. The summed E-state index contributed by atoms with van der Waals surface area (Å²) in [6.07, 6.45) is 3.60. The highest BCUT2D eigenvalue weighted by Gasteiger charge is 2.26. The number of carbonyl (C=O) groups is 2. The SMILES string of the molecule is CCCC(=O)N1CCC(CN2CCN(C(=O)OC)CC2)CC1. The molecule has 0 aromatic rings. The van der Waals surface area contributed by atoms with Crippen LogP contribution in [-0.2, 0) is 9.53 Å². The Morgan fingerprint density at radius 2 is 1.64 bits per heavy atom. The second kappa shape index (κ2) is 8.36. The Hall–Kier alpha value is -1.30. The van der Waals surface area contributed by atoms with Gasteiger partial charge in [-0.25, -0.2) is 4.79 Å². The van der Waals surface area contributed by atoms with Gasteiger partial charge in [-0.05, 0) is 25.2 Å². The minimum absolute atomic E-state index is 0.220. The molecule has 0 unspecified atom stereocenters. The number of hydrogen-bond donors (Lipinski definition) is 0. The zero-order chi connectivity index (χ0) is 15.9. The first-order valence-corrected chi connectivity index (χ1v) is 8.47. The summed E-state index contributed by atoms with van der Waals surface area (Å²) < 4.78 is 4.76. The zero-order valence-corrected chi connectivity index (χ0v) is 13.9. The molecular weight excluding hydrogens is 282 g/mol. The van der Waals surface area contributed by atoms with Crippen molar-refractivity contribution in [1.29, 1.82) is 0 Å². The van der Waals surface area contributed by atoms with Crippen molar-refractivity contribution in [2.24, 2.45) is 5.92 Å². The van der Waals surface area contributed by atoms with Gasteiger partial charge in [0.15, 0.2) is 0 Å². The van der Waals surface area contributed by atoms with Crippen LogP contribution >= 0.6 is 0 Å². The minimum Gasteiger partial charge on any atom is -0.453 e. The van der Waals surface area contributed by atoms with E-state index >= 15 is 0 Å². The number of nitrogens with zero attached hydrogens (tertiary/aromatic N) is 3. The molecule has 0 aromatic heterocycles. The maximum absolute atomic E-state index is 11.9. The Labute approximate surface area is 133 Å². The highest BCUT2D eigenvalue weighted by molar-refractivity contribution is 5.76. The van der Waals surface area contributed by atoms with Crippen molar-refractivity contribution in [3.63, 3.8) is 0 Å². The van der Waals surface area contributed by atoms with Crippen molar-refractivity contribution in [2.75, 3.05) is 52.9 Å². The molecule has 0 bridgehead atoms. The van der Waals surface area contributed by atoms with Gasteiger partial charge in [0.25, 0.3) is 0 Å². The lowest BCUT2D eigenvalue weighted by molar-refractivity contribution is -0.132. The van der Waals surface area contributed by atoms with Gasteiger partial charge in [0.05, 0.1) is 7.11 Å². The molecule has 6 heteroatoms. The lowest BCUT2D eigenvalue weighted by Crippen LogP contribution is -2.50. The Bertz CT molecular complexity index is 373. The molecule has 0 atom stereocenters. The lowest BCUT2D eigenvalue weighted by atomic mass is 9.95. The number of hydrogen-bond acceptors (Lipinski definition) is 4. The number of likely N-dealkylation sites (tertiary alicyclic amines) is 1. The molecule has 0 aromatic carbocycles. The van der Waals surface area contributed by atoms with Crippen LogP contribution in [0.15, 0.2) is 0 Å². The quantitative estimate of drug-likeness (QED) is 0.788. The van der Waals surface area contributed by atoms with E-state index in [0.29, 0.717) is 18.2 Å². The van der Waals surface area contributed by atoms with Crippen LogP contribution in [-0.4, -0.2) is 79.6 Å². The van der Waals surface area contributed by atoms with Gasteiger partial charge in [-0.3, -0.25) is 9.69 Å². The molecule has 126 valence electrons. The van der Waals surface area contributed by atoms with Crippen LogP contribution in [0.5, 0.6) is 0 Å². The predicted molar refractivity (Wildman–Crippen MR) is 84.6 cm³/mol. The normalized spacial score (nSPS) is 21.0. The number of piperazine rings is 1. The van der Waals surface area contributed by atoms with Crippen LogP contribution in [0.3, 0.4) is 0 Å². The highest BCUT2D eigenvalue weighted by atomic mass is 16.5. The van der Waals surface area contributed by atoms with Crippen LogP contribution in [0.1, 0.15) is 32.6 Å². The third kappa shape index (κ3) is 4.60. The first kappa shape index (κ1) is 17.1. The van der Waals surface area contributed by atoms with Crippen molar-refractivity contribution >= 4 is 12.0 Å². The van der Waals surface area contributed by atoms with Gasteiger partial charge in [-0.1, -0.05) is 6.92 Å². The van der Waals surface area contributed by atoms with Crippen LogP contribution in [0.4, 0.5) is 4.79 Å². The van der Waals surface area contributed by atoms with Gasteiger partial charge in [-0.2, -0.15) is 0 Å². The molecule has 0 aliphatic carbocycles. The molecule has 2 heterocycles. The lowest BCUT2D eigenvalue weighted by Gasteiger charge is -2.38. The van der Waals surface area contributed by atoms with Gasteiger partial charge < -0.3 is 14.5 Å². The monoisotopic (exact) mass is 311 g/mol. The fraction of sp³-hybridized carbons (Fsp3) is 0.875. The van der Waals surface area contributed by atoms with Gasteiger partial charge in [-0.15, -0.1) is 0 Å². The van der Waals surface area contributed by atoms with E-state index in [4.69, 9.17) is 4.74 Å². The number of methoxy groups -OCH3 is 1. The molecule has 2 aliphatic rings. The number of piperidine rings is 1. The fourth-order valence-electron chi connectivity index (χ4n) is 3.34. The third-order valence-corrected chi connectivity index (χ3v) is 4.75. The van der Waals surface area contributed by atoms with E-state index in [0.717, 1.165) is 65.1 Å². The maximum Gasteiger partial charge on any atom is 0.409 e. The smallest absolute Gasteiger partial charge is 0.409 e. The molecule has 0 spiro atoms. The van der Waals surface area contributed by atoms with Gasteiger partial charge in [0.1, 0.15) is 0 Å². The standard InChI is InChI=1S/C16H29N3O3/c1-3-4-15(20)18-7-5-14(6-8-18)13-17-9-11-19(12-10-17)16(21)22-2/h14H,3-13H2,1-2H3. The zero-order valence-electron chi connectivity index (χ0n) is 13.9. The van der Waals surface area contributed by atoms with E-state index in [-0.39, 0.29) is 6.09 Å². The van der Waals surface area contributed by atoms with Crippen molar-refractivity contribution in [2.45, 2.75) is 32.6 Å². The molecule has 2 aliphatic heterocycles. The summed E-state index contributed by atoms with van der Waals surface area (Å²) in [4.78, 5) is 29.6. The van der Waals surface area contributed by atoms with Crippen LogP contribution in [0.2, 0.25) is 0 Å². The molecule has 22 heavy (non-hydrogen) atoms. The van der Waals surface area contributed by atoms with Gasteiger partial charge >= 0.3 is 6.09 Å². The number of rotatable bonds is 4. The topological polar surface area (TPSA) is 53.1 Å². The molecule has 0 N–H and O–H groups in total. The summed E-state index contributed by atoms with van der Waals surface area (Å²) in [5.41, 5.74) is 0. The average Bonchev–Trinajstić information content (AvgIpc) is 2.55. The number of amides is 2. The van der Waals surface area contributed by atoms with Gasteiger partial charge in [0.2, 0.25) is 5.91 Å². The summed E-state index contributed by atoms with van der Waals surface area (Å²) in [5.74, 6) is 0.989. The molecule has 0 saturated carbocycles.